The zero-order valence-electron chi connectivity index (χ0n) is 19.9. The molecular formula is C27H29N5O2. The van der Waals surface area contributed by atoms with Gasteiger partial charge in [0.05, 0.1) is 25.4 Å². The highest BCUT2D eigenvalue weighted by Gasteiger charge is 2.21. The molecule has 3 heterocycles. The minimum atomic E-state index is 0.686. The molecule has 0 radical (unpaired) electrons. The van der Waals surface area contributed by atoms with Crippen LogP contribution in [0.15, 0.2) is 60.9 Å². The van der Waals surface area contributed by atoms with Crippen LogP contribution < -0.4 is 19.3 Å². The van der Waals surface area contributed by atoms with Gasteiger partial charge in [0.1, 0.15) is 11.5 Å². The Morgan fingerprint density at radius 2 is 1.50 bits per heavy atom. The maximum Gasteiger partial charge on any atom is 0.225 e. The lowest BCUT2D eigenvalue weighted by Crippen LogP contribution is -2.47. The summed E-state index contributed by atoms with van der Waals surface area (Å²) in [5.74, 6) is 2.33. The van der Waals surface area contributed by atoms with Crippen LogP contribution in [0.3, 0.4) is 0 Å². The second-order valence-electron chi connectivity index (χ2n) is 8.57. The van der Waals surface area contributed by atoms with Crippen molar-refractivity contribution in [3.63, 3.8) is 0 Å². The van der Waals surface area contributed by atoms with Gasteiger partial charge in [-0.15, -0.1) is 0 Å². The molecule has 1 fully saturated rings. The van der Waals surface area contributed by atoms with E-state index in [4.69, 9.17) is 14.5 Å². The summed E-state index contributed by atoms with van der Waals surface area (Å²) in [7, 11) is 3.33. The van der Waals surface area contributed by atoms with E-state index in [1.54, 1.807) is 14.2 Å². The molecule has 174 valence electrons. The summed E-state index contributed by atoms with van der Waals surface area (Å²) in [6, 6.07) is 16.5. The number of rotatable bonds is 6. The van der Waals surface area contributed by atoms with Crippen LogP contribution in [0.25, 0.3) is 10.9 Å². The molecule has 0 N–H and O–H groups in total. The molecule has 0 saturated carbocycles. The van der Waals surface area contributed by atoms with E-state index in [-0.39, 0.29) is 0 Å². The number of hydrogen-bond acceptors (Lipinski definition) is 7. The van der Waals surface area contributed by atoms with E-state index in [1.807, 2.05) is 36.7 Å². The highest BCUT2D eigenvalue weighted by Crippen LogP contribution is 2.28. The van der Waals surface area contributed by atoms with Gasteiger partial charge in [0.15, 0.2) is 0 Å². The molecular weight excluding hydrogens is 426 g/mol. The third-order valence-electron chi connectivity index (χ3n) is 6.28. The quantitative estimate of drug-likeness (QED) is 0.430. The topological polar surface area (TPSA) is 63.6 Å². The lowest BCUT2D eigenvalue weighted by molar-refractivity contribution is 0.393. The maximum atomic E-state index is 5.40. The van der Waals surface area contributed by atoms with Gasteiger partial charge in [-0.25, -0.2) is 9.97 Å². The largest absolute Gasteiger partial charge is 0.497 e. The molecule has 1 aliphatic heterocycles. The van der Waals surface area contributed by atoms with E-state index in [9.17, 15) is 0 Å². The van der Waals surface area contributed by atoms with Gasteiger partial charge in [-0.2, -0.15) is 0 Å². The van der Waals surface area contributed by atoms with Gasteiger partial charge < -0.3 is 19.3 Å². The summed E-state index contributed by atoms with van der Waals surface area (Å²) in [5, 5.41) is 1.20. The Bertz CT molecular complexity index is 1280. The van der Waals surface area contributed by atoms with Gasteiger partial charge in [-0.3, -0.25) is 4.98 Å². The number of pyridine rings is 1. The summed E-state index contributed by atoms with van der Waals surface area (Å²) in [5.41, 5.74) is 5.58. The van der Waals surface area contributed by atoms with Crippen molar-refractivity contribution >= 4 is 22.5 Å². The van der Waals surface area contributed by atoms with Gasteiger partial charge in [0.2, 0.25) is 5.95 Å². The van der Waals surface area contributed by atoms with Crippen LogP contribution in [0.4, 0.5) is 11.6 Å². The van der Waals surface area contributed by atoms with Crippen molar-refractivity contribution in [1.82, 2.24) is 15.0 Å². The maximum absolute atomic E-state index is 5.40. The van der Waals surface area contributed by atoms with Crippen molar-refractivity contribution in [3.05, 3.63) is 77.7 Å². The molecule has 1 saturated heterocycles. The van der Waals surface area contributed by atoms with Gasteiger partial charge in [0, 0.05) is 62.1 Å². The highest BCUT2D eigenvalue weighted by atomic mass is 16.5. The van der Waals surface area contributed by atoms with E-state index in [1.165, 1.54) is 16.6 Å². The van der Waals surface area contributed by atoms with Crippen molar-refractivity contribution in [2.75, 3.05) is 50.2 Å². The van der Waals surface area contributed by atoms with Crippen molar-refractivity contribution in [2.45, 2.75) is 13.3 Å². The van der Waals surface area contributed by atoms with Gasteiger partial charge in [-0.05, 0) is 48.4 Å². The number of hydrogen-bond donors (Lipinski definition) is 0. The summed E-state index contributed by atoms with van der Waals surface area (Å²) in [6.45, 7) is 5.66. The molecule has 34 heavy (non-hydrogen) atoms. The van der Waals surface area contributed by atoms with Gasteiger partial charge in [0.25, 0.3) is 0 Å². The summed E-state index contributed by atoms with van der Waals surface area (Å²) in [4.78, 5) is 18.7. The normalized spacial score (nSPS) is 13.9. The minimum Gasteiger partial charge on any atom is -0.497 e. The fraction of sp³-hybridized carbons (Fsp3) is 0.296. The smallest absolute Gasteiger partial charge is 0.225 e. The number of methoxy groups -OCH3 is 2. The van der Waals surface area contributed by atoms with E-state index in [0.29, 0.717) is 6.42 Å². The van der Waals surface area contributed by atoms with E-state index >= 15 is 0 Å². The second kappa shape index (κ2) is 9.55. The Morgan fingerprint density at radius 1 is 0.794 bits per heavy atom. The van der Waals surface area contributed by atoms with E-state index < -0.39 is 0 Å². The molecule has 2 aromatic carbocycles. The Balaban J connectivity index is 1.30. The molecule has 0 spiro atoms. The number of anilines is 2. The molecule has 1 aliphatic rings. The average molecular weight is 456 g/mol. The number of ether oxygens (including phenoxy) is 2. The third-order valence-corrected chi connectivity index (χ3v) is 6.28. The molecule has 7 nitrogen and oxygen atoms in total. The van der Waals surface area contributed by atoms with Crippen molar-refractivity contribution in [1.29, 1.82) is 0 Å². The van der Waals surface area contributed by atoms with E-state index in [0.717, 1.165) is 60.4 Å². The van der Waals surface area contributed by atoms with Crippen LogP contribution >= 0.6 is 0 Å². The van der Waals surface area contributed by atoms with Crippen molar-refractivity contribution < 1.29 is 9.47 Å². The first-order chi connectivity index (χ1) is 16.6. The minimum absolute atomic E-state index is 0.686. The van der Waals surface area contributed by atoms with Gasteiger partial charge >= 0.3 is 0 Å². The number of benzene rings is 2. The zero-order valence-corrected chi connectivity index (χ0v) is 19.9. The number of aromatic nitrogens is 3. The van der Waals surface area contributed by atoms with Crippen LogP contribution in [0.2, 0.25) is 0 Å². The number of aryl methyl sites for hydroxylation is 1. The summed E-state index contributed by atoms with van der Waals surface area (Å²) in [6.07, 6.45) is 4.44. The van der Waals surface area contributed by atoms with Crippen LogP contribution in [0.5, 0.6) is 11.5 Å². The predicted octanol–water partition coefficient (Wildman–Crippen LogP) is 4.27. The molecule has 5 rings (SSSR count). The first-order valence-electron chi connectivity index (χ1n) is 11.5. The predicted molar refractivity (Wildman–Crippen MR) is 135 cm³/mol. The molecule has 7 heteroatoms. The van der Waals surface area contributed by atoms with Crippen LogP contribution in [0, 0.1) is 6.92 Å². The Morgan fingerprint density at radius 3 is 2.24 bits per heavy atom. The fourth-order valence-corrected chi connectivity index (χ4v) is 4.48. The Labute approximate surface area is 200 Å². The van der Waals surface area contributed by atoms with E-state index in [2.05, 4.69) is 51.0 Å². The van der Waals surface area contributed by atoms with Gasteiger partial charge in [-0.1, -0.05) is 12.1 Å². The standard InChI is InChI=1S/C27H29N5O2/c1-19-4-5-24-25(14-19)28-9-7-26(24)31-10-12-32(13-11-31)27-29-8-6-21(30-27)15-20-16-22(33-2)18-23(17-20)34-3/h4-9,14,16-18H,10-13,15H2,1-3H3. The lowest BCUT2D eigenvalue weighted by atomic mass is 10.1. The monoisotopic (exact) mass is 455 g/mol. The fourth-order valence-electron chi connectivity index (χ4n) is 4.48. The van der Waals surface area contributed by atoms with Crippen LogP contribution in [0.1, 0.15) is 16.8 Å². The summed E-state index contributed by atoms with van der Waals surface area (Å²) < 4.78 is 10.8. The van der Waals surface area contributed by atoms with Crippen LogP contribution in [-0.2, 0) is 6.42 Å². The molecule has 0 unspecified atom stereocenters. The SMILES string of the molecule is COc1cc(Cc2ccnc(N3CCN(c4ccnc5cc(C)ccc45)CC3)n2)cc(OC)c1. The number of piperazine rings is 1. The van der Waals surface area contributed by atoms with Crippen LogP contribution in [-0.4, -0.2) is 55.4 Å². The molecule has 0 bridgehead atoms. The molecule has 0 amide bonds. The highest BCUT2D eigenvalue weighted by molar-refractivity contribution is 5.92. The Kier molecular flexibility index (Phi) is 6.16. The first kappa shape index (κ1) is 21.9. The van der Waals surface area contributed by atoms with Crippen molar-refractivity contribution in [3.8, 4) is 11.5 Å². The Hall–Kier alpha value is -3.87. The molecule has 0 aliphatic carbocycles. The first-order valence-corrected chi connectivity index (χ1v) is 11.5. The molecule has 4 aromatic rings. The average Bonchev–Trinajstić information content (AvgIpc) is 2.88. The number of fused-ring (bicyclic) bond motifs is 1. The van der Waals surface area contributed by atoms with Crippen molar-refractivity contribution in [2.24, 2.45) is 0 Å². The number of nitrogens with zero attached hydrogens (tertiary/aromatic N) is 5. The molecule has 2 aromatic heterocycles. The second-order valence-corrected chi connectivity index (χ2v) is 8.57. The lowest BCUT2D eigenvalue weighted by Gasteiger charge is -2.36. The summed E-state index contributed by atoms with van der Waals surface area (Å²) >= 11 is 0. The zero-order chi connectivity index (χ0) is 23.5. The molecule has 0 atom stereocenters. The third kappa shape index (κ3) is 4.59.